The van der Waals surface area contributed by atoms with Crippen molar-refractivity contribution in [2.24, 2.45) is 0 Å². The van der Waals surface area contributed by atoms with Crippen molar-refractivity contribution in [3.8, 4) is 0 Å². The summed E-state index contributed by atoms with van der Waals surface area (Å²) in [7, 11) is 0. The first-order chi connectivity index (χ1) is 5.46. The molecule has 0 aliphatic rings. The summed E-state index contributed by atoms with van der Waals surface area (Å²) >= 11 is 0. The summed E-state index contributed by atoms with van der Waals surface area (Å²) in [6, 6.07) is 0. The first-order valence-electron chi connectivity index (χ1n) is 3.48. The minimum atomic E-state index is -4.12. The van der Waals surface area contributed by atoms with E-state index in [2.05, 4.69) is 6.92 Å². The predicted octanol–water partition coefficient (Wildman–Crippen LogP) is 2.88. The van der Waals surface area contributed by atoms with Gasteiger partial charge in [0.25, 0.3) is 0 Å². The monoisotopic (exact) mass is 189 g/mol. The van der Waals surface area contributed by atoms with Crippen LogP contribution in [-0.4, -0.2) is 24.9 Å². The van der Waals surface area contributed by atoms with Crippen molar-refractivity contribution >= 4 is 0 Å². The Balaban J connectivity index is 4.16. The average molecular weight is 189 g/mol. The molecule has 2 atom stereocenters. The smallest absolute Gasteiger partial charge is 0.251 e. The van der Waals surface area contributed by atoms with Gasteiger partial charge in [0.1, 0.15) is 0 Å². The summed E-state index contributed by atoms with van der Waals surface area (Å²) in [4.78, 5) is 0. The van der Waals surface area contributed by atoms with Crippen LogP contribution in [-0.2, 0) is 0 Å². The second-order valence-electron chi connectivity index (χ2n) is 2.38. The van der Waals surface area contributed by atoms with Gasteiger partial charge in [-0.1, -0.05) is 6.92 Å². The Kier molecular flexibility index (Phi) is 4.49. The van der Waals surface area contributed by atoms with E-state index in [1.165, 1.54) is 0 Å². The van der Waals surface area contributed by atoms with Crippen LogP contribution in [0.4, 0.5) is 22.0 Å². The standard InChI is InChI=1S/C7H10F5/c1-2-5(9)7(11,12)6(10)3-4-8/h5-6H,1-4H2/t5?,6-/m0/s1. The van der Waals surface area contributed by atoms with Gasteiger partial charge in [-0.3, -0.25) is 4.39 Å². The fourth-order valence-corrected chi connectivity index (χ4v) is 0.677. The largest absolute Gasteiger partial charge is 0.309 e. The summed E-state index contributed by atoms with van der Waals surface area (Å²) in [5, 5.41) is 0. The lowest BCUT2D eigenvalue weighted by Gasteiger charge is -2.22. The van der Waals surface area contributed by atoms with Crippen LogP contribution in [0.25, 0.3) is 0 Å². The quantitative estimate of drug-likeness (QED) is 0.583. The second-order valence-corrected chi connectivity index (χ2v) is 2.38. The van der Waals surface area contributed by atoms with Crippen molar-refractivity contribution in [2.75, 3.05) is 6.67 Å². The molecule has 0 N–H and O–H groups in total. The lowest BCUT2D eigenvalue weighted by Crippen LogP contribution is -2.39. The summed E-state index contributed by atoms with van der Waals surface area (Å²) in [6.07, 6.45) is -7.11. The molecule has 1 radical (unpaired) electrons. The van der Waals surface area contributed by atoms with Crippen molar-refractivity contribution in [1.82, 2.24) is 0 Å². The van der Waals surface area contributed by atoms with Crippen molar-refractivity contribution in [3.05, 3.63) is 6.92 Å². The normalized spacial score (nSPS) is 17.5. The lowest BCUT2D eigenvalue weighted by atomic mass is 10.1. The van der Waals surface area contributed by atoms with Gasteiger partial charge < -0.3 is 0 Å². The second kappa shape index (κ2) is 4.62. The summed E-state index contributed by atoms with van der Waals surface area (Å²) in [6.45, 7) is 1.66. The molecule has 0 aromatic heterocycles. The van der Waals surface area contributed by atoms with Crippen LogP contribution in [0.1, 0.15) is 12.8 Å². The molecule has 12 heavy (non-hydrogen) atoms. The first kappa shape index (κ1) is 11.6. The molecule has 0 rings (SSSR count). The third-order valence-corrected chi connectivity index (χ3v) is 1.45. The molecule has 0 aliphatic carbocycles. The molecule has 0 saturated carbocycles. The van der Waals surface area contributed by atoms with Crippen molar-refractivity contribution in [1.29, 1.82) is 0 Å². The van der Waals surface area contributed by atoms with Crippen LogP contribution in [0, 0.1) is 6.92 Å². The van der Waals surface area contributed by atoms with E-state index >= 15 is 0 Å². The van der Waals surface area contributed by atoms with E-state index in [9.17, 15) is 22.0 Å². The molecule has 0 bridgehead atoms. The number of hydrogen-bond acceptors (Lipinski definition) is 0. The third-order valence-electron chi connectivity index (χ3n) is 1.45. The summed E-state index contributed by atoms with van der Waals surface area (Å²) < 4.78 is 61.0. The van der Waals surface area contributed by atoms with E-state index in [-0.39, 0.29) is 0 Å². The van der Waals surface area contributed by atoms with Crippen LogP contribution in [0.15, 0.2) is 0 Å². The van der Waals surface area contributed by atoms with Gasteiger partial charge in [-0.25, -0.2) is 17.6 Å². The summed E-state index contributed by atoms with van der Waals surface area (Å²) in [5.74, 6) is -4.12. The number of alkyl halides is 5. The van der Waals surface area contributed by atoms with Gasteiger partial charge in [0, 0.05) is 6.42 Å². The van der Waals surface area contributed by atoms with Crippen molar-refractivity contribution in [2.45, 2.75) is 31.1 Å². The molecule has 0 spiro atoms. The highest BCUT2D eigenvalue weighted by Gasteiger charge is 2.47. The topological polar surface area (TPSA) is 0 Å². The molecule has 0 aliphatic heterocycles. The van der Waals surface area contributed by atoms with E-state index in [0.717, 1.165) is 0 Å². The van der Waals surface area contributed by atoms with E-state index < -0.39 is 37.8 Å². The Labute approximate surface area is 67.8 Å². The predicted molar refractivity (Wildman–Crippen MR) is 35.3 cm³/mol. The molecule has 1 unspecified atom stereocenters. The van der Waals surface area contributed by atoms with E-state index in [0.29, 0.717) is 0 Å². The van der Waals surface area contributed by atoms with Gasteiger partial charge >= 0.3 is 5.92 Å². The molecule has 0 aromatic carbocycles. The number of rotatable bonds is 5. The zero-order valence-electron chi connectivity index (χ0n) is 6.37. The third kappa shape index (κ3) is 2.60. The first-order valence-corrected chi connectivity index (χ1v) is 3.48. The lowest BCUT2D eigenvalue weighted by molar-refractivity contribution is -0.129. The summed E-state index contributed by atoms with van der Waals surface area (Å²) in [5.41, 5.74) is 0. The Bertz CT molecular complexity index is 125. The molecule has 0 nitrogen and oxygen atoms in total. The Morgan fingerprint density at radius 3 is 2.00 bits per heavy atom. The van der Waals surface area contributed by atoms with E-state index in [4.69, 9.17) is 0 Å². The molecule has 0 saturated heterocycles. The molecular weight excluding hydrogens is 179 g/mol. The van der Waals surface area contributed by atoms with Crippen LogP contribution < -0.4 is 0 Å². The van der Waals surface area contributed by atoms with Crippen molar-refractivity contribution in [3.63, 3.8) is 0 Å². The van der Waals surface area contributed by atoms with Crippen LogP contribution >= 0.6 is 0 Å². The van der Waals surface area contributed by atoms with E-state index in [1.807, 2.05) is 0 Å². The van der Waals surface area contributed by atoms with Crippen LogP contribution in [0.3, 0.4) is 0 Å². The highest BCUT2D eigenvalue weighted by Crippen LogP contribution is 2.31. The zero-order valence-corrected chi connectivity index (χ0v) is 6.37. The Morgan fingerprint density at radius 1 is 1.17 bits per heavy atom. The number of hydrogen-bond donors (Lipinski definition) is 0. The van der Waals surface area contributed by atoms with Gasteiger partial charge in [-0.15, -0.1) is 0 Å². The molecule has 73 valence electrons. The minimum absolute atomic E-state index is 0.723. The molecule has 0 fully saturated rings. The van der Waals surface area contributed by atoms with Gasteiger partial charge in [0.05, 0.1) is 6.67 Å². The number of halogens is 5. The average Bonchev–Trinajstić information content (AvgIpc) is 2.03. The van der Waals surface area contributed by atoms with E-state index in [1.54, 1.807) is 0 Å². The molecular formula is C7H10F5. The maximum Gasteiger partial charge on any atom is 0.309 e. The zero-order chi connectivity index (χ0) is 9.78. The van der Waals surface area contributed by atoms with Gasteiger partial charge in [-0.2, -0.15) is 0 Å². The fraction of sp³-hybridized carbons (Fsp3) is 0.857. The van der Waals surface area contributed by atoms with Crippen molar-refractivity contribution < 1.29 is 22.0 Å². The Hall–Kier alpha value is -0.350. The molecule has 0 aromatic rings. The fourth-order valence-electron chi connectivity index (χ4n) is 0.677. The minimum Gasteiger partial charge on any atom is -0.251 e. The highest BCUT2D eigenvalue weighted by molar-refractivity contribution is 4.85. The maximum atomic E-state index is 12.4. The van der Waals surface area contributed by atoms with Gasteiger partial charge in [-0.05, 0) is 6.42 Å². The maximum absolute atomic E-state index is 12.4. The highest BCUT2D eigenvalue weighted by atomic mass is 19.3. The Morgan fingerprint density at radius 2 is 1.67 bits per heavy atom. The SMILES string of the molecule is [CH2]CC(F)C(F)(F)[C@@H](F)CCF. The molecule has 0 amide bonds. The molecule has 5 heteroatoms. The van der Waals surface area contributed by atoms with Gasteiger partial charge in [0.15, 0.2) is 12.3 Å². The van der Waals surface area contributed by atoms with Crippen LogP contribution in [0.2, 0.25) is 0 Å². The molecule has 0 heterocycles. The van der Waals surface area contributed by atoms with Gasteiger partial charge in [0.2, 0.25) is 0 Å². The van der Waals surface area contributed by atoms with Crippen LogP contribution in [0.5, 0.6) is 0 Å².